The van der Waals surface area contributed by atoms with Gasteiger partial charge in [0.15, 0.2) is 0 Å². The lowest BCUT2D eigenvalue weighted by atomic mass is 9.92. The maximum absolute atomic E-state index is 13.7. The molecule has 0 aliphatic heterocycles. The van der Waals surface area contributed by atoms with Crippen molar-refractivity contribution in [1.82, 2.24) is 14.1 Å². The Morgan fingerprint density at radius 2 is 1.75 bits per heavy atom. The van der Waals surface area contributed by atoms with Crippen molar-refractivity contribution in [3.05, 3.63) is 47.8 Å². The van der Waals surface area contributed by atoms with Crippen LogP contribution in [0.5, 0.6) is 0 Å². The molecular formula is C22H33N3O2S. The number of sulfonamides is 1. The molecule has 1 fully saturated rings. The van der Waals surface area contributed by atoms with Crippen molar-refractivity contribution in [2.75, 3.05) is 6.54 Å². The topological polar surface area (TPSA) is 55.2 Å². The van der Waals surface area contributed by atoms with E-state index in [4.69, 9.17) is 5.10 Å². The van der Waals surface area contributed by atoms with Gasteiger partial charge in [-0.3, -0.25) is 4.68 Å². The predicted molar refractivity (Wildman–Crippen MR) is 113 cm³/mol. The number of rotatable bonds is 6. The largest absolute Gasteiger partial charge is 0.267 e. The summed E-state index contributed by atoms with van der Waals surface area (Å²) in [6, 6.07) is 10.1. The van der Waals surface area contributed by atoms with Gasteiger partial charge in [0.2, 0.25) is 10.0 Å². The molecular weight excluding hydrogens is 370 g/mol. The summed E-state index contributed by atoms with van der Waals surface area (Å²) in [5.74, 6) is 0. The Morgan fingerprint density at radius 3 is 2.32 bits per heavy atom. The first-order valence-electron chi connectivity index (χ1n) is 10.4. The summed E-state index contributed by atoms with van der Waals surface area (Å²) in [6.07, 6.45) is 7.06. The molecule has 0 radical (unpaired) electrons. The van der Waals surface area contributed by atoms with Crippen molar-refractivity contribution >= 4 is 10.0 Å². The number of benzene rings is 1. The van der Waals surface area contributed by atoms with Gasteiger partial charge in [-0.25, -0.2) is 8.42 Å². The van der Waals surface area contributed by atoms with Gasteiger partial charge in [0.25, 0.3) is 0 Å². The number of nitrogens with zero attached hydrogens (tertiary/aromatic N) is 3. The van der Waals surface area contributed by atoms with Crippen LogP contribution >= 0.6 is 0 Å². The van der Waals surface area contributed by atoms with Crippen molar-refractivity contribution < 1.29 is 8.42 Å². The summed E-state index contributed by atoms with van der Waals surface area (Å²) < 4.78 is 30.8. The molecule has 1 saturated carbocycles. The third-order valence-electron chi connectivity index (χ3n) is 5.51. The van der Waals surface area contributed by atoms with Crippen LogP contribution < -0.4 is 0 Å². The zero-order valence-electron chi connectivity index (χ0n) is 17.6. The van der Waals surface area contributed by atoms with E-state index in [9.17, 15) is 8.42 Å². The summed E-state index contributed by atoms with van der Waals surface area (Å²) in [7, 11) is -3.59. The Bertz CT molecular complexity index is 876. The third-order valence-corrected chi connectivity index (χ3v) is 7.53. The normalized spacial score (nSPS) is 16.6. The molecule has 0 unspecified atom stereocenters. The van der Waals surface area contributed by atoms with Crippen molar-refractivity contribution in [2.24, 2.45) is 0 Å². The fraction of sp³-hybridized carbons (Fsp3) is 0.591. The number of aromatic nitrogens is 2. The maximum Gasteiger partial charge on any atom is 0.246 e. The fourth-order valence-corrected chi connectivity index (χ4v) is 6.12. The molecule has 0 atom stereocenters. The summed E-state index contributed by atoms with van der Waals surface area (Å²) >= 11 is 0. The Hall–Kier alpha value is -1.66. The number of hydrogen-bond acceptors (Lipinski definition) is 3. The van der Waals surface area contributed by atoms with Crippen molar-refractivity contribution in [3.63, 3.8) is 0 Å². The lowest BCUT2D eigenvalue weighted by molar-refractivity contribution is 0.261. The average Bonchev–Trinajstić information content (AvgIpc) is 3.09. The van der Waals surface area contributed by atoms with Crippen LogP contribution in [-0.4, -0.2) is 35.1 Å². The monoisotopic (exact) mass is 403 g/mol. The minimum Gasteiger partial charge on any atom is -0.267 e. The van der Waals surface area contributed by atoms with Crippen LogP contribution in [0.1, 0.15) is 71.1 Å². The Morgan fingerprint density at radius 1 is 1.11 bits per heavy atom. The second-order valence-corrected chi connectivity index (χ2v) is 10.6. The molecule has 1 aliphatic carbocycles. The third kappa shape index (κ3) is 4.49. The van der Waals surface area contributed by atoms with Crippen LogP contribution in [0.3, 0.4) is 0 Å². The second kappa shape index (κ2) is 8.37. The smallest absolute Gasteiger partial charge is 0.246 e. The van der Waals surface area contributed by atoms with Crippen LogP contribution in [-0.2, 0) is 22.0 Å². The van der Waals surface area contributed by atoms with E-state index < -0.39 is 10.0 Å². The maximum atomic E-state index is 13.7. The first-order valence-corrected chi connectivity index (χ1v) is 11.8. The van der Waals surface area contributed by atoms with E-state index in [0.29, 0.717) is 23.7 Å². The molecule has 0 spiro atoms. The van der Waals surface area contributed by atoms with E-state index in [1.54, 1.807) is 15.2 Å². The fourth-order valence-electron chi connectivity index (χ4n) is 4.08. The van der Waals surface area contributed by atoms with Crippen LogP contribution in [0, 0.1) is 0 Å². The standard InChI is InChI=1S/C22H33N3O2S/c1-5-25(19-14-10-7-11-15-19)28(26,27)20-17-24(23-21(20)22(2,3)4)16-18-12-8-6-9-13-18/h6,8-9,12-13,17,19H,5,7,10-11,14-16H2,1-4H3. The van der Waals surface area contributed by atoms with Gasteiger partial charge < -0.3 is 0 Å². The Kier molecular flexibility index (Phi) is 6.30. The first-order chi connectivity index (χ1) is 13.2. The molecule has 0 amide bonds. The minimum absolute atomic E-state index is 0.106. The summed E-state index contributed by atoms with van der Waals surface area (Å²) in [4.78, 5) is 0.364. The zero-order valence-corrected chi connectivity index (χ0v) is 18.4. The average molecular weight is 404 g/mol. The number of hydrogen-bond donors (Lipinski definition) is 0. The first kappa shape index (κ1) is 21.1. The van der Waals surface area contributed by atoms with Gasteiger partial charge in [-0.05, 0) is 18.4 Å². The molecule has 2 aromatic rings. The SMILES string of the molecule is CCN(C1CCCCC1)S(=O)(=O)c1cn(Cc2ccccc2)nc1C(C)(C)C. The molecule has 0 bridgehead atoms. The highest BCUT2D eigenvalue weighted by molar-refractivity contribution is 7.89. The van der Waals surface area contributed by atoms with E-state index in [1.807, 2.05) is 58.0 Å². The molecule has 28 heavy (non-hydrogen) atoms. The van der Waals surface area contributed by atoms with Gasteiger partial charge in [-0.2, -0.15) is 9.40 Å². The Labute approximate surface area is 169 Å². The molecule has 5 nitrogen and oxygen atoms in total. The van der Waals surface area contributed by atoms with Gasteiger partial charge in [-0.1, -0.05) is 77.3 Å². The highest BCUT2D eigenvalue weighted by Crippen LogP contribution is 2.33. The second-order valence-electron chi connectivity index (χ2n) is 8.78. The van der Waals surface area contributed by atoms with Crippen molar-refractivity contribution in [2.45, 2.75) is 82.7 Å². The molecule has 1 heterocycles. The molecule has 154 valence electrons. The lowest BCUT2D eigenvalue weighted by Gasteiger charge is -2.33. The van der Waals surface area contributed by atoms with E-state index in [1.165, 1.54) is 6.42 Å². The highest BCUT2D eigenvalue weighted by atomic mass is 32.2. The van der Waals surface area contributed by atoms with Gasteiger partial charge >= 0.3 is 0 Å². The van der Waals surface area contributed by atoms with Gasteiger partial charge in [-0.15, -0.1) is 0 Å². The zero-order chi connectivity index (χ0) is 20.4. The van der Waals surface area contributed by atoms with E-state index >= 15 is 0 Å². The highest BCUT2D eigenvalue weighted by Gasteiger charge is 2.36. The van der Waals surface area contributed by atoms with Gasteiger partial charge in [0.05, 0.1) is 12.2 Å². The molecule has 1 aliphatic rings. The summed E-state index contributed by atoms with van der Waals surface area (Å²) in [5.41, 5.74) is 1.41. The van der Waals surface area contributed by atoms with Crippen LogP contribution in [0.2, 0.25) is 0 Å². The Balaban J connectivity index is 2.00. The molecule has 0 saturated heterocycles. The van der Waals surface area contributed by atoms with Crippen LogP contribution in [0.25, 0.3) is 0 Å². The minimum atomic E-state index is -3.59. The van der Waals surface area contributed by atoms with Crippen LogP contribution in [0.4, 0.5) is 0 Å². The molecule has 6 heteroatoms. The van der Waals surface area contributed by atoms with Crippen LogP contribution in [0.15, 0.2) is 41.4 Å². The molecule has 1 aromatic carbocycles. The summed E-state index contributed by atoms with van der Waals surface area (Å²) in [5, 5.41) is 4.72. The molecule has 1 aromatic heterocycles. The lowest BCUT2D eigenvalue weighted by Crippen LogP contribution is -2.41. The molecule has 0 N–H and O–H groups in total. The van der Waals surface area contributed by atoms with Crippen molar-refractivity contribution in [3.8, 4) is 0 Å². The quantitative estimate of drug-likeness (QED) is 0.710. The molecule has 3 rings (SSSR count). The summed E-state index contributed by atoms with van der Waals surface area (Å²) in [6.45, 7) is 9.08. The van der Waals surface area contributed by atoms with E-state index in [0.717, 1.165) is 31.2 Å². The predicted octanol–water partition coefficient (Wildman–Crippen LogP) is 4.57. The van der Waals surface area contributed by atoms with E-state index in [2.05, 4.69) is 0 Å². The van der Waals surface area contributed by atoms with Gasteiger partial charge in [0.1, 0.15) is 4.90 Å². The van der Waals surface area contributed by atoms with Gasteiger partial charge in [0, 0.05) is 24.2 Å². The van der Waals surface area contributed by atoms with Crippen molar-refractivity contribution in [1.29, 1.82) is 0 Å². The van der Waals surface area contributed by atoms with E-state index in [-0.39, 0.29) is 11.5 Å².